The van der Waals surface area contributed by atoms with E-state index in [0.717, 1.165) is 11.1 Å². The van der Waals surface area contributed by atoms with E-state index in [0.29, 0.717) is 41.8 Å². The summed E-state index contributed by atoms with van der Waals surface area (Å²) in [6.07, 6.45) is 0. The average Bonchev–Trinajstić information content (AvgIpc) is 2.76. The molecule has 1 saturated heterocycles. The van der Waals surface area contributed by atoms with Crippen LogP contribution in [0.3, 0.4) is 0 Å². The van der Waals surface area contributed by atoms with Gasteiger partial charge in [0, 0.05) is 41.8 Å². The Morgan fingerprint density at radius 3 is 1.83 bits per heavy atom. The van der Waals surface area contributed by atoms with Crippen molar-refractivity contribution in [3.63, 3.8) is 0 Å². The second-order valence-electron chi connectivity index (χ2n) is 7.34. The first-order valence-corrected chi connectivity index (χ1v) is 10.6. The van der Waals surface area contributed by atoms with Gasteiger partial charge in [-0.3, -0.25) is 9.69 Å². The zero-order valence-electron chi connectivity index (χ0n) is 16.3. The van der Waals surface area contributed by atoms with Crippen LogP contribution in [0.5, 0.6) is 0 Å². The lowest BCUT2D eigenvalue weighted by Crippen LogP contribution is -2.49. The Morgan fingerprint density at radius 1 is 0.800 bits per heavy atom. The van der Waals surface area contributed by atoms with E-state index in [2.05, 4.69) is 4.90 Å². The van der Waals surface area contributed by atoms with Crippen molar-refractivity contribution in [2.45, 2.75) is 6.04 Å². The first kappa shape index (κ1) is 20.9. The number of rotatable bonds is 4. The molecule has 0 saturated carbocycles. The fourth-order valence-electron chi connectivity index (χ4n) is 3.89. The zero-order valence-corrected chi connectivity index (χ0v) is 17.8. The molecule has 0 aromatic heterocycles. The smallest absolute Gasteiger partial charge is 0.254 e. The fourth-order valence-corrected chi connectivity index (χ4v) is 4.14. The molecule has 154 valence electrons. The van der Waals surface area contributed by atoms with Crippen molar-refractivity contribution in [2.75, 3.05) is 26.2 Å². The summed E-state index contributed by atoms with van der Waals surface area (Å²) >= 11 is 12.2. The SMILES string of the molecule is O=C(c1cccc(F)c1)N1CCN(C(c2ccc(Cl)cc2)c2ccc(Cl)cc2)CC1. The van der Waals surface area contributed by atoms with E-state index in [-0.39, 0.29) is 11.9 Å². The standard InChI is InChI=1S/C24H21Cl2FN2O/c25-20-8-4-17(5-9-20)23(18-6-10-21(26)11-7-18)28-12-14-29(15-13-28)24(30)19-2-1-3-22(27)16-19/h1-11,16,23H,12-15H2. The van der Waals surface area contributed by atoms with E-state index in [1.54, 1.807) is 17.0 Å². The largest absolute Gasteiger partial charge is 0.336 e. The number of amides is 1. The van der Waals surface area contributed by atoms with Gasteiger partial charge in [-0.1, -0.05) is 53.5 Å². The molecular formula is C24H21Cl2FN2O. The summed E-state index contributed by atoms with van der Waals surface area (Å²) < 4.78 is 13.5. The van der Waals surface area contributed by atoms with Gasteiger partial charge >= 0.3 is 0 Å². The molecule has 1 heterocycles. The van der Waals surface area contributed by atoms with Crippen LogP contribution in [0.15, 0.2) is 72.8 Å². The van der Waals surface area contributed by atoms with Gasteiger partial charge in [0.05, 0.1) is 6.04 Å². The van der Waals surface area contributed by atoms with Gasteiger partial charge in [-0.2, -0.15) is 0 Å². The van der Waals surface area contributed by atoms with Crippen LogP contribution in [0.25, 0.3) is 0 Å². The topological polar surface area (TPSA) is 23.6 Å². The van der Waals surface area contributed by atoms with Crippen LogP contribution in [0.4, 0.5) is 4.39 Å². The Hall–Kier alpha value is -2.40. The van der Waals surface area contributed by atoms with Gasteiger partial charge in [-0.15, -0.1) is 0 Å². The number of hydrogen-bond donors (Lipinski definition) is 0. The number of carbonyl (C=O) groups is 1. The molecule has 1 aliphatic heterocycles. The second-order valence-corrected chi connectivity index (χ2v) is 8.22. The molecule has 30 heavy (non-hydrogen) atoms. The molecule has 4 rings (SSSR count). The number of piperazine rings is 1. The number of benzene rings is 3. The average molecular weight is 443 g/mol. The summed E-state index contributed by atoms with van der Waals surface area (Å²) in [4.78, 5) is 16.9. The van der Waals surface area contributed by atoms with Crippen molar-refractivity contribution in [1.82, 2.24) is 9.80 Å². The Balaban J connectivity index is 1.54. The van der Waals surface area contributed by atoms with Crippen molar-refractivity contribution < 1.29 is 9.18 Å². The molecule has 1 aliphatic rings. The molecule has 3 nitrogen and oxygen atoms in total. The third-order valence-corrected chi connectivity index (χ3v) is 5.91. The summed E-state index contributed by atoms with van der Waals surface area (Å²) in [5.74, 6) is -0.534. The molecule has 0 aliphatic carbocycles. The van der Waals surface area contributed by atoms with Crippen molar-refractivity contribution >= 4 is 29.1 Å². The van der Waals surface area contributed by atoms with Crippen LogP contribution in [-0.2, 0) is 0 Å². The van der Waals surface area contributed by atoms with Gasteiger partial charge < -0.3 is 4.90 Å². The van der Waals surface area contributed by atoms with Crippen LogP contribution in [0.1, 0.15) is 27.5 Å². The van der Waals surface area contributed by atoms with E-state index in [9.17, 15) is 9.18 Å². The molecule has 3 aromatic carbocycles. The number of carbonyl (C=O) groups excluding carboxylic acids is 1. The van der Waals surface area contributed by atoms with E-state index in [1.165, 1.54) is 12.1 Å². The first-order chi connectivity index (χ1) is 14.5. The van der Waals surface area contributed by atoms with Crippen LogP contribution >= 0.6 is 23.2 Å². The van der Waals surface area contributed by atoms with E-state index < -0.39 is 5.82 Å². The second kappa shape index (κ2) is 9.17. The van der Waals surface area contributed by atoms with Gasteiger partial charge in [0.2, 0.25) is 0 Å². The van der Waals surface area contributed by atoms with Crippen LogP contribution < -0.4 is 0 Å². The maximum Gasteiger partial charge on any atom is 0.254 e. The molecule has 0 atom stereocenters. The molecule has 0 spiro atoms. The fraction of sp³-hybridized carbons (Fsp3) is 0.208. The molecular weight excluding hydrogens is 422 g/mol. The van der Waals surface area contributed by atoms with Crippen LogP contribution in [0, 0.1) is 5.82 Å². The van der Waals surface area contributed by atoms with Gasteiger partial charge in [0.15, 0.2) is 0 Å². The molecule has 0 unspecified atom stereocenters. The molecule has 3 aromatic rings. The van der Waals surface area contributed by atoms with Gasteiger partial charge in [-0.05, 0) is 53.6 Å². The quantitative estimate of drug-likeness (QED) is 0.518. The number of hydrogen-bond acceptors (Lipinski definition) is 2. The minimum absolute atomic E-state index is 0.0333. The number of nitrogens with zero attached hydrogens (tertiary/aromatic N) is 2. The molecule has 6 heteroatoms. The highest BCUT2D eigenvalue weighted by molar-refractivity contribution is 6.30. The van der Waals surface area contributed by atoms with Crippen molar-refractivity contribution in [3.8, 4) is 0 Å². The van der Waals surface area contributed by atoms with Crippen molar-refractivity contribution in [2.24, 2.45) is 0 Å². The van der Waals surface area contributed by atoms with E-state index in [1.807, 2.05) is 48.5 Å². The monoisotopic (exact) mass is 442 g/mol. The van der Waals surface area contributed by atoms with E-state index >= 15 is 0 Å². The molecule has 0 radical (unpaired) electrons. The molecule has 0 N–H and O–H groups in total. The highest BCUT2D eigenvalue weighted by Crippen LogP contribution is 2.31. The zero-order chi connectivity index (χ0) is 21.1. The Morgan fingerprint density at radius 2 is 1.33 bits per heavy atom. The van der Waals surface area contributed by atoms with Gasteiger partial charge in [0.1, 0.15) is 5.82 Å². The minimum atomic E-state index is -0.398. The van der Waals surface area contributed by atoms with Crippen molar-refractivity contribution in [3.05, 3.63) is 105 Å². The Bertz CT molecular complexity index is 971. The highest BCUT2D eigenvalue weighted by atomic mass is 35.5. The summed E-state index contributed by atoms with van der Waals surface area (Å²) in [5.41, 5.74) is 2.65. The predicted molar refractivity (Wildman–Crippen MR) is 119 cm³/mol. The molecule has 0 bridgehead atoms. The summed E-state index contributed by atoms with van der Waals surface area (Å²) in [5, 5.41) is 1.39. The summed E-state index contributed by atoms with van der Waals surface area (Å²) in [6.45, 7) is 2.56. The highest BCUT2D eigenvalue weighted by Gasteiger charge is 2.28. The lowest BCUT2D eigenvalue weighted by Gasteiger charge is -2.40. The normalized spacial score (nSPS) is 14.9. The lowest BCUT2D eigenvalue weighted by atomic mass is 9.96. The summed E-state index contributed by atoms with van der Waals surface area (Å²) in [6, 6.07) is 21.6. The maximum absolute atomic E-state index is 13.5. The van der Waals surface area contributed by atoms with Crippen LogP contribution in [-0.4, -0.2) is 41.9 Å². The predicted octanol–water partition coefficient (Wildman–Crippen LogP) is 5.68. The summed E-state index contributed by atoms with van der Waals surface area (Å²) in [7, 11) is 0. The maximum atomic E-state index is 13.5. The lowest BCUT2D eigenvalue weighted by molar-refractivity contribution is 0.0597. The van der Waals surface area contributed by atoms with Gasteiger partial charge in [0.25, 0.3) is 5.91 Å². The third-order valence-electron chi connectivity index (χ3n) is 5.41. The Labute approximate surface area is 185 Å². The van der Waals surface area contributed by atoms with E-state index in [4.69, 9.17) is 23.2 Å². The molecule has 1 amide bonds. The van der Waals surface area contributed by atoms with Crippen LogP contribution in [0.2, 0.25) is 10.0 Å². The third kappa shape index (κ3) is 4.67. The van der Waals surface area contributed by atoms with Gasteiger partial charge in [-0.25, -0.2) is 4.39 Å². The van der Waals surface area contributed by atoms with Crippen molar-refractivity contribution in [1.29, 1.82) is 0 Å². The number of halogens is 3. The first-order valence-electron chi connectivity index (χ1n) is 9.81. The minimum Gasteiger partial charge on any atom is -0.336 e. The molecule has 1 fully saturated rings. The Kier molecular flexibility index (Phi) is 6.38.